The lowest BCUT2D eigenvalue weighted by Crippen LogP contribution is -2.02. The van der Waals surface area contributed by atoms with Crippen LogP contribution in [0.3, 0.4) is 0 Å². The van der Waals surface area contributed by atoms with Crippen molar-refractivity contribution < 1.29 is 18.3 Å². The molecule has 0 amide bonds. The van der Waals surface area contributed by atoms with Crippen molar-refractivity contribution in [3.05, 3.63) is 15.6 Å². The lowest BCUT2D eigenvalue weighted by atomic mass is 10.1. The molecule has 0 atom stereocenters. The van der Waals surface area contributed by atoms with Crippen LogP contribution in [0.2, 0.25) is 0 Å². The van der Waals surface area contributed by atoms with Crippen molar-refractivity contribution in [2.24, 2.45) is 0 Å². The van der Waals surface area contributed by atoms with Gasteiger partial charge in [0.2, 0.25) is 0 Å². The Bertz CT molecular complexity index is 516. The van der Waals surface area contributed by atoms with Crippen LogP contribution in [0.4, 0.5) is 0 Å². The minimum atomic E-state index is -3.13. The number of hydrogen-bond donors (Lipinski definition) is 1. The second-order valence-electron chi connectivity index (χ2n) is 4.21. The minimum absolute atomic E-state index is 0.0916. The monoisotopic (exact) mass is 277 g/mol. The van der Waals surface area contributed by atoms with E-state index in [0.29, 0.717) is 15.6 Å². The molecule has 0 aromatic carbocycles. The fourth-order valence-electron chi connectivity index (χ4n) is 1.42. The van der Waals surface area contributed by atoms with E-state index in [9.17, 15) is 13.2 Å². The Morgan fingerprint density at radius 2 is 2.06 bits per heavy atom. The van der Waals surface area contributed by atoms with Crippen LogP contribution < -0.4 is 0 Å². The van der Waals surface area contributed by atoms with Crippen molar-refractivity contribution in [3.63, 3.8) is 0 Å². The molecule has 1 N–H and O–H groups in total. The topological polar surface area (TPSA) is 84.3 Å². The van der Waals surface area contributed by atoms with Crippen molar-refractivity contribution in [1.29, 1.82) is 0 Å². The lowest BCUT2D eigenvalue weighted by Gasteiger charge is -2.02. The normalized spacial score (nSPS) is 12.0. The molecule has 0 saturated carbocycles. The van der Waals surface area contributed by atoms with Gasteiger partial charge in [0.1, 0.15) is 10.8 Å². The van der Waals surface area contributed by atoms with Crippen molar-refractivity contribution in [1.82, 2.24) is 4.98 Å². The number of hydrogen-bond acceptors (Lipinski definition) is 5. The van der Waals surface area contributed by atoms with Gasteiger partial charge in [-0.2, -0.15) is 0 Å². The van der Waals surface area contributed by atoms with Gasteiger partial charge in [-0.3, -0.25) is 4.79 Å². The predicted molar refractivity (Wildman–Crippen MR) is 66.1 cm³/mol. The van der Waals surface area contributed by atoms with E-state index in [4.69, 9.17) is 5.11 Å². The summed E-state index contributed by atoms with van der Waals surface area (Å²) in [5.74, 6) is -0.966. The summed E-state index contributed by atoms with van der Waals surface area (Å²) >= 11 is 1.17. The van der Waals surface area contributed by atoms with Gasteiger partial charge in [0, 0.05) is 11.1 Å². The number of aromatic nitrogens is 1. The molecule has 5 nitrogen and oxygen atoms in total. The number of aliphatic carboxylic acids is 1. The van der Waals surface area contributed by atoms with Crippen LogP contribution in [0.25, 0.3) is 0 Å². The van der Waals surface area contributed by atoms with E-state index in [0.717, 1.165) is 6.26 Å². The van der Waals surface area contributed by atoms with E-state index in [1.807, 2.05) is 13.8 Å². The third-order valence-corrected chi connectivity index (χ3v) is 4.07. The first-order valence-corrected chi connectivity index (χ1v) is 7.94. The third kappa shape index (κ3) is 4.43. The molecule has 0 aliphatic heterocycles. The van der Waals surface area contributed by atoms with Gasteiger partial charge in [-0.25, -0.2) is 13.4 Å². The number of sulfone groups is 1. The first-order valence-electron chi connectivity index (χ1n) is 5.07. The SMILES string of the molecule is CC(C)c1nc(CS(C)(=O)=O)sc1CC(=O)O. The molecule has 0 saturated heterocycles. The fraction of sp³-hybridized carbons (Fsp3) is 0.600. The standard InChI is InChI=1S/C10H15NO4S2/c1-6(2)10-7(4-9(12)13)16-8(11-10)5-17(3,14)15/h6H,4-5H2,1-3H3,(H,12,13). The van der Waals surface area contributed by atoms with E-state index in [2.05, 4.69) is 4.98 Å². The maximum Gasteiger partial charge on any atom is 0.308 e. The second kappa shape index (κ2) is 5.14. The van der Waals surface area contributed by atoms with E-state index in [-0.39, 0.29) is 18.1 Å². The quantitative estimate of drug-likeness (QED) is 0.880. The molecule has 0 spiro atoms. The van der Waals surface area contributed by atoms with Crippen LogP contribution in [0.1, 0.15) is 35.3 Å². The van der Waals surface area contributed by atoms with Gasteiger partial charge >= 0.3 is 5.97 Å². The number of thiazole rings is 1. The van der Waals surface area contributed by atoms with Crippen LogP contribution in [0, 0.1) is 0 Å². The molecule has 0 aliphatic carbocycles. The molecular weight excluding hydrogens is 262 g/mol. The Morgan fingerprint density at radius 3 is 2.47 bits per heavy atom. The van der Waals surface area contributed by atoms with Crippen LogP contribution in [0.5, 0.6) is 0 Å². The summed E-state index contributed by atoms with van der Waals surface area (Å²) in [6.07, 6.45) is 1.04. The molecule has 17 heavy (non-hydrogen) atoms. The van der Waals surface area contributed by atoms with Gasteiger partial charge in [0.05, 0.1) is 12.1 Å². The molecule has 1 aromatic heterocycles. The van der Waals surface area contributed by atoms with Crippen molar-refractivity contribution in [2.45, 2.75) is 31.9 Å². The highest BCUT2D eigenvalue weighted by molar-refractivity contribution is 7.90. The summed E-state index contributed by atoms with van der Waals surface area (Å²) < 4.78 is 22.3. The number of nitrogens with zero attached hydrogens (tertiary/aromatic N) is 1. The van der Waals surface area contributed by atoms with E-state index < -0.39 is 15.8 Å². The summed E-state index contributed by atoms with van der Waals surface area (Å²) in [6, 6.07) is 0. The molecule has 1 aromatic rings. The van der Waals surface area contributed by atoms with Gasteiger partial charge in [0.15, 0.2) is 9.84 Å². The average Bonchev–Trinajstić information content (AvgIpc) is 2.43. The highest BCUT2D eigenvalue weighted by atomic mass is 32.2. The average molecular weight is 277 g/mol. The highest BCUT2D eigenvalue weighted by Crippen LogP contribution is 2.26. The molecular formula is C10H15NO4S2. The van der Waals surface area contributed by atoms with Crippen LogP contribution in [0.15, 0.2) is 0 Å². The Kier molecular flexibility index (Phi) is 4.26. The number of rotatable bonds is 5. The number of carbonyl (C=O) groups is 1. The Labute approximate surface area is 104 Å². The molecule has 0 unspecified atom stereocenters. The summed E-state index contributed by atoms with van der Waals surface area (Å²) in [6.45, 7) is 3.81. The number of carboxylic acid groups (broad SMARTS) is 1. The molecule has 0 radical (unpaired) electrons. The summed E-state index contributed by atoms with van der Waals surface area (Å²) in [7, 11) is -3.13. The highest BCUT2D eigenvalue weighted by Gasteiger charge is 2.18. The zero-order chi connectivity index (χ0) is 13.2. The van der Waals surface area contributed by atoms with Gasteiger partial charge in [0.25, 0.3) is 0 Å². The summed E-state index contributed by atoms with van der Waals surface area (Å²) in [5, 5.41) is 9.24. The van der Waals surface area contributed by atoms with E-state index >= 15 is 0 Å². The molecule has 7 heteroatoms. The van der Waals surface area contributed by atoms with Crippen LogP contribution in [-0.4, -0.2) is 30.7 Å². The third-order valence-electron chi connectivity index (χ3n) is 2.02. The molecule has 0 fully saturated rings. The molecule has 0 bridgehead atoms. The maximum absolute atomic E-state index is 11.2. The Balaban J connectivity index is 3.08. The first kappa shape index (κ1) is 14.1. The second-order valence-corrected chi connectivity index (χ2v) is 7.52. The van der Waals surface area contributed by atoms with Gasteiger partial charge in [-0.15, -0.1) is 11.3 Å². The Morgan fingerprint density at radius 1 is 1.47 bits per heavy atom. The molecule has 0 aliphatic rings. The van der Waals surface area contributed by atoms with Crippen LogP contribution in [-0.2, 0) is 26.8 Å². The zero-order valence-electron chi connectivity index (χ0n) is 9.93. The molecule has 96 valence electrons. The van der Waals surface area contributed by atoms with E-state index in [1.165, 1.54) is 11.3 Å². The smallest absolute Gasteiger partial charge is 0.308 e. The van der Waals surface area contributed by atoms with Gasteiger partial charge in [-0.05, 0) is 5.92 Å². The lowest BCUT2D eigenvalue weighted by molar-refractivity contribution is -0.136. The molecule has 1 heterocycles. The largest absolute Gasteiger partial charge is 0.481 e. The Hall–Kier alpha value is -0.950. The van der Waals surface area contributed by atoms with Crippen LogP contribution >= 0.6 is 11.3 Å². The van der Waals surface area contributed by atoms with Gasteiger partial charge in [-0.1, -0.05) is 13.8 Å². The fourth-order valence-corrected chi connectivity index (χ4v) is 3.82. The van der Waals surface area contributed by atoms with Crippen molar-refractivity contribution in [3.8, 4) is 0 Å². The van der Waals surface area contributed by atoms with Gasteiger partial charge < -0.3 is 5.11 Å². The molecule has 1 rings (SSSR count). The zero-order valence-corrected chi connectivity index (χ0v) is 11.6. The first-order chi connectivity index (χ1) is 7.69. The summed E-state index contributed by atoms with van der Waals surface area (Å²) in [4.78, 5) is 15.6. The van der Waals surface area contributed by atoms with Crippen molar-refractivity contribution >= 4 is 27.1 Å². The number of carboxylic acids is 1. The maximum atomic E-state index is 11.2. The predicted octanol–water partition coefficient (Wildman–Crippen LogP) is 1.44. The van der Waals surface area contributed by atoms with Crippen molar-refractivity contribution in [2.75, 3.05) is 6.26 Å². The minimum Gasteiger partial charge on any atom is -0.481 e. The summed E-state index contributed by atoms with van der Waals surface area (Å²) in [5.41, 5.74) is 0.691. The van der Waals surface area contributed by atoms with E-state index in [1.54, 1.807) is 0 Å².